The van der Waals surface area contributed by atoms with Crippen LogP contribution in [0, 0.1) is 0 Å². The molecule has 0 aliphatic carbocycles. The van der Waals surface area contributed by atoms with Gasteiger partial charge in [-0.2, -0.15) is 11.3 Å². The molecule has 132 valence electrons. The van der Waals surface area contributed by atoms with Gasteiger partial charge in [0, 0.05) is 25.2 Å². The maximum atomic E-state index is 5.61. The third kappa shape index (κ3) is 7.48. The minimum atomic E-state index is 0. The topological polar surface area (TPSA) is 58.5 Å². The number of aliphatic imine (C=N–C) groups is 1. The van der Waals surface area contributed by atoms with E-state index >= 15 is 0 Å². The van der Waals surface area contributed by atoms with Gasteiger partial charge in [-0.05, 0) is 41.4 Å². The summed E-state index contributed by atoms with van der Waals surface area (Å²) in [6, 6.07) is 5.92. The zero-order valence-electron chi connectivity index (χ0n) is 14.1. The van der Waals surface area contributed by atoms with Crippen LogP contribution in [0.2, 0.25) is 0 Å². The summed E-state index contributed by atoms with van der Waals surface area (Å²) < 4.78 is 5.61. The maximum Gasteiger partial charge on any atom is 0.191 e. The summed E-state index contributed by atoms with van der Waals surface area (Å²) in [7, 11) is 0. The molecule has 2 aromatic heterocycles. The average Bonchev–Trinajstić information content (AvgIpc) is 3.11. The fraction of sp³-hybridized carbons (Fsp3) is 0.412. The molecule has 0 aromatic carbocycles. The average molecular weight is 460 g/mol. The van der Waals surface area contributed by atoms with Crippen molar-refractivity contribution >= 4 is 41.3 Å². The molecule has 5 nitrogen and oxygen atoms in total. The second-order valence-electron chi connectivity index (χ2n) is 5.14. The van der Waals surface area contributed by atoms with Crippen LogP contribution in [-0.2, 0) is 0 Å². The van der Waals surface area contributed by atoms with E-state index in [0.717, 1.165) is 24.8 Å². The first-order valence-electron chi connectivity index (χ1n) is 7.86. The lowest BCUT2D eigenvalue weighted by Gasteiger charge is -2.13. The number of rotatable bonds is 8. The predicted octanol–water partition coefficient (Wildman–Crippen LogP) is 3.50. The first-order valence-corrected chi connectivity index (χ1v) is 8.81. The van der Waals surface area contributed by atoms with E-state index in [2.05, 4.69) is 51.3 Å². The van der Waals surface area contributed by atoms with Gasteiger partial charge in [0.05, 0.1) is 12.7 Å². The Hall–Kier alpha value is -1.35. The molecular weight excluding hydrogens is 435 g/mol. The third-order valence-corrected chi connectivity index (χ3v) is 3.98. The van der Waals surface area contributed by atoms with Gasteiger partial charge in [0.1, 0.15) is 12.4 Å². The number of nitrogens with one attached hydrogen (secondary N) is 2. The van der Waals surface area contributed by atoms with Gasteiger partial charge in [-0.25, -0.2) is 0 Å². The van der Waals surface area contributed by atoms with E-state index in [1.54, 1.807) is 23.7 Å². The minimum absolute atomic E-state index is 0. The van der Waals surface area contributed by atoms with Crippen molar-refractivity contribution < 1.29 is 4.74 Å². The molecule has 0 saturated heterocycles. The standard InChI is InChI=1S/C17H24N4OS.HI/c1-3-19-17(21-11-14(2)15-6-10-23-13-15)20-8-9-22-16-5-4-7-18-12-16;/h4-7,10,12-14H,3,8-9,11H2,1-2H3,(H2,19,20,21);1H. The van der Waals surface area contributed by atoms with Gasteiger partial charge < -0.3 is 15.4 Å². The Morgan fingerprint density at radius 2 is 2.25 bits per heavy atom. The number of aromatic nitrogens is 1. The maximum absolute atomic E-state index is 5.61. The van der Waals surface area contributed by atoms with Gasteiger partial charge in [0.15, 0.2) is 5.96 Å². The van der Waals surface area contributed by atoms with Gasteiger partial charge in [0.25, 0.3) is 0 Å². The third-order valence-electron chi connectivity index (χ3n) is 3.28. The summed E-state index contributed by atoms with van der Waals surface area (Å²) in [5.41, 5.74) is 1.34. The van der Waals surface area contributed by atoms with Crippen molar-refractivity contribution in [1.82, 2.24) is 15.6 Å². The molecule has 2 rings (SSSR count). The molecule has 0 aliphatic rings. The van der Waals surface area contributed by atoms with Crippen molar-refractivity contribution in [1.29, 1.82) is 0 Å². The highest BCUT2D eigenvalue weighted by Gasteiger charge is 2.05. The molecule has 2 N–H and O–H groups in total. The fourth-order valence-electron chi connectivity index (χ4n) is 2.00. The van der Waals surface area contributed by atoms with E-state index in [0.29, 0.717) is 19.1 Å². The van der Waals surface area contributed by atoms with Crippen LogP contribution in [0.3, 0.4) is 0 Å². The monoisotopic (exact) mass is 460 g/mol. The molecule has 0 fully saturated rings. The Morgan fingerprint density at radius 1 is 1.38 bits per heavy atom. The molecule has 0 aliphatic heterocycles. The second-order valence-corrected chi connectivity index (χ2v) is 5.92. The lowest BCUT2D eigenvalue weighted by molar-refractivity contribution is 0.320. The quantitative estimate of drug-likeness (QED) is 0.274. The van der Waals surface area contributed by atoms with E-state index in [1.807, 2.05) is 12.1 Å². The first-order chi connectivity index (χ1) is 11.3. The summed E-state index contributed by atoms with van der Waals surface area (Å²) in [4.78, 5) is 8.67. The van der Waals surface area contributed by atoms with Crippen LogP contribution in [0.5, 0.6) is 5.75 Å². The van der Waals surface area contributed by atoms with Crippen LogP contribution in [0.25, 0.3) is 0 Å². The van der Waals surface area contributed by atoms with Crippen LogP contribution < -0.4 is 15.4 Å². The van der Waals surface area contributed by atoms with Crippen molar-refractivity contribution in [2.45, 2.75) is 19.8 Å². The molecule has 2 aromatic rings. The predicted molar refractivity (Wildman–Crippen MR) is 112 cm³/mol. The number of nitrogens with zero attached hydrogens (tertiary/aromatic N) is 2. The molecule has 0 bridgehead atoms. The van der Waals surface area contributed by atoms with Gasteiger partial charge in [0.2, 0.25) is 0 Å². The first kappa shape index (κ1) is 20.7. The highest BCUT2D eigenvalue weighted by molar-refractivity contribution is 14.0. The smallest absolute Gasteiger partial charge is 0.191 e. The second kappa shape index (κ2) is 12.1. The number of thiophene rings is 1. The van der Waals surface area contributed by atoms with Crippen molar-refractivity contribution in [2.24, 2.45) is 4.99 Å². The number of hydrogen-bond acceptors (Lipinski definition) is 4. The summed E-state index contributed by atoms with van der Waals surface area (Å²) in [5, 5.41) is 10.8. The summed E-state index contributed by atoms with van der Waals surface area (Å²) in [5.74, 6) is 2.02. The lowest BCUT2D eigenvalue weighted by Crippen LogP contribution is -2.39. The van der Waals surface area contributed by atoms with Crippen molar-refractivity contribution in [3.63, 3.8) is 0 Å². The number of hydrogen-bond donors (Lipinski definition) is 2. The Morgan fingerprint density at radius 3 is 2.92 bits per heavy atom. The van der Waals surface area contributed by atoms with Gasteiger partial charge in [-0.3, -0.25) is 9.98 Å². The highest BCUT2D eigenvalue weighted by Crippen LogP contribution is 2.18. The van der Waals surface area contributed by atoms with E-state index in [-0.39, 0.29) is 24.0 Å². The molecule has 1 atom stereocenters. The zero-order valence-corrected chi connectivity index (χ0v) is 17.2. The number of pyridine rings is 1. The van der Waals surface area contributed by atoms with E-state index in [1.165, 1.54) is 5.56 Å². The Bertz CT molecular complexity index is 578. The van der Waals surface area contributed by atoms with Gasteiger partial charge in [-0.1, -0.05) is 6.92 Å². The SMILES string of the molecule is CCNC(=NCC(C)c1ccsc1)NCCOc1cccnc1.I. The van der Waals surface area contributed by atoms with Crippen molar-refractivity contribution in [3.8, 4) is 5.75 Å². The van der Waals surface area contributed by atoms with E-state index in [4.69, 9.17) is 4.74 Å². The summed E-state index contributed by atoms with van der Waals surface area (Å²) in [6.07, 6.45) is 3.44. The van der Waals surface area contributed by atoms with Crippen molar-refractivity contribution in [3.05, 3.63) is 46.9 Å². The largest absolute Gasteiger partial charge is 0.490 e. The number of guanidine groups is 1. The fourth-order valence-corrected chi connectivity index (χ4v) is 2.78. The minimum Gasteiger partial charge on any atom is -0.490 e. The zero-order chi connectivity index (χ0) is 16.3. The normalized spacial score (nSPS) is 12.2. The van der Waals surface area contributed by atoms with Crippen LogP contribution in [-0.4, -0.2) is 37.2 Å². The van der Waals surface area contributed by atoms with Crippen LogP contribution in [0.4, 0.5) is 0 Å². The highest BCUT2D eigenvalue weighted by atomic mass is 127. The van der Waals surface area contributed by atoms with Gasteiger partial charge >= 0.3 is 0 Å². The van der Waals surface area contributed by atoms with E-state index < -0.39 is 0 Å². The van der Waals surface area contributed by atoms with E-state index in [9.17, 15) is 0 Å². The number of ether oxygens (including phenoxy) is 1. The Kier molecular flexibility index (Phi) is 10.4. The summed E-state index contributed by atoms with van der Waals surface area (Å²) >= 11 is 1.73. The number of halogens is 1. The summed E-state index contributed by atoms with van der Waals surface area (Å²) in [6.45, 7) is 7.10. The molecule has 0 spiro atoms. The molecule has 0 radical (unpaired) electrons. The molecular formula is C17H25IN4OS. The molecule has 2 heterocycles. The molecule has 1 unspecified atom stereocenters. The Balaban J connectivity index is 0.00000288. The molecule has 0 saturated carbocycles. The van der Waals surface area contributed by atoms with Crippen LogP contribution >= 0.6 is 35.3 Å². The molecule has 0 amide bonds. The van der Waals surface area contributed by atoms with Crippen LogP contribution in [0.15, 0.2) is 46.3 Å². The van der Waals surface area contributed by atoms with Crippen molar-refractivity contribution in [2.75, 3.05) is 26.2 Å². The Labute approximate surface area is 165 Å². The van der Waals surface area contributed by atoms with Crippen LogP contribution in [0.1, 0.15) is 25.3 Å². The van der Waals surface area contributed by atoms with Gasteiger partial charge in [-0.15, -0.1) is 24.0 Å². The molecule has 24 heavy (non-hydrogen) atoms. The molecule has 7 heteroatoms. The lowest BCUT2D eigenvalue weighted by atomic mass is 10.1.